The van der Waals surface area contributed by atoms with E-state index in [1.165, 1.54) is 0 Å². The van der Waals surface area contributed by atoms with E-state index in [2.05, 4.69) is 0 Å². The molecule has 0 heterocycles. The minimum Gasteiger partial charge on any atom is -0.691 e. The molecule has 68 valence electrons. The molecule has 0 aliphatic carbocycles. The van der Waals surface area contributed by atoms with Gasteiger partial charge in [-0.1, -0.05) is 25.7 Å². The molecule has 0 aliphatic rings. The summed E-state index contributed by atoms with van der Waals surface area (Å²) in [6.45, 7) is 5.27. The van der Waals surface area contributed by atoms with Crippen LogP contribution in [0, 0.1) is 0 Å². The fourth-order valence-electron chi connectivity index (χ4n) is 0.443. The Bertz CT molecular complexity index is 134. The summed E-state index contributed by atoms with van der Waals surface area (Å²) in [7, 11) is 0. The fourth-order valence-corrected chi connectivity index (χ4v) is 2.22. The van der Waals surface area contributed by atoms with Gasteiger partial charge in [-0.15, -0.1) is 0 Å². The maximum absolute atomic E-state index is 5.20. The van der Waals surface area contributed by atoms with Crippen molar-refractivity contribution in [2.24, 2.45) is 0 Å². The fraction of sp³-hybridized carbons (Fsp3) is 1.00. The Balaban J connectivity index is 0. The van der Waals surface area contributed by atoms with Gasteiger partial charge in [-0.2, -0.15) is 0 Å². The van der Waals surface area contributed by atoms with E-state index in [-0.39, 0.29) is 23.9 Å². The SMILES string of the molecule is CCCOP(=S)([S-])OCCC.[Sn+4]. The molecule has 0 radical (unpaired) electrons. The molecular formula is C6H14O2PS2Sn+3. The van der Waals surface area contributed by atoms with Gasteiger partial charge in [0.05, 0.1) is 18.9 Å². The topological polar surface area (TPSA) is 18.5 Å². The Hall–Kier alpha value is 1.72. The molecule has 0 aliphatic heterocycles. The van der Waals surface area contributed by atoms with E-state index in [9.17, 15) is 0 Å². The Labute approximate surface area is 102 Å². The first-order valence-corrected chi connectivity index (χ1v) is 7.37. The minimum atomic E-state index is -2.31. The van der Waals surface area contributed by atoms with Crippen LogP contribution < -0.4 is 0 Å². The van der Waals surface area contributed by atoms with Gasteiger partial charge in [-0.05, 0) is 12.8 Å². The van der Waals surface area contributed by atoms with Crippen LogP contribution in [0.15, 0.2) is 0 Å². The van der Waals surface area contributed by atoms with E-state index >= 15 is 0 Å². The van der Waals surface area contributed by atoms with E-state index < -0.39 is 5.69 Å². The van der Waals surface area contributed by atoms with Crippen LogP contribution in [0.25, 0.3) is 0 Å². The standard InChI is InChI=1S/C6H15O2PS2.Sn/c1-3-5-7-9(10,11)8-6-4-2;/h3-6H2,1-2H3,(H,10,11);/q;+4/p-1. The Morgan fingerprint density at radius 1 is 1.17 bits per heavy atom. The van der Waals surface area contributed by atoms with Gasteiger partial charge in [0.15, 0.2) is 0 Å². The first kappa shape index (κ1) is 16.2. The summed E-state index contributed by atoms with van der Waals surface area (Å²) in [6, 6.07) is 0. The predicted molar refractivity (Wildman–Crippen MR) is 59.9 cm³/mol. The third-order valence-electron chi connectivity index (χ3n) is 0.907. The predicted octanol–water partition coefficient (Wildman–Crippen LogP) is 2.23. The van der Waals surface area contributed by atoms with Crippen molar-refractivity contribution in [3.8, 4) is 0 Å². The molecule has 0 saturated heterocycles. The second-order valence-corrected chi connectivity index (χ2v) is 7.10. The van der Waals surface area contributed by atoms with Crippen molar-refractivity contribution in [1.29, 1.82) is 0 Å². The van der Waals surface area contributed by atoms with E-state index in [1.807, 2.05) is 13.8 Å². The Morgan fingerprint density at radius 3 is 1.75 bits per heavy atom. The maximum atomic E-state index is 5.20. The second-order valence-electron chi connectivity index (χ2n) is 2.11. The molecule has 0 unspecified atom stereocenters. The van der Waals surface area contributed by atoms with Crippen LogP contribution in [0.3, 0.4) is 0 Å². The van der Waals surface area contributed by atoms with Gasteiger partial charge in [0.2, 0.25) is 0 Å². The van der Waals surface area contributed by atoms with Gasteiger partial charge in [0.25, 0.3) is 0 Å². The van der Waals surface area contributed by atoms with Gasteiger partial charge >= 0.3 is 23.9 Å². The van der Waals surface area contributed by atoms with Gasteiger partial charge in [-0.3, -0.25) is 0 Å². The summed E-state index contributed by atoms with van der Waals surface area (Å²) in [6.07, 6.45) is 1.87. The summed E-state index contributed by atoms with van der Waals surface area (Å²) in [5, 5.41) is 0. The van der Waals surface area contributed by atoms with Crippen molar-refractivity contribution in [2.45, 2.75) is 26.7 Å². The number of rotatable bonds is 6. The van der Waals surface area contributed by atoms with E-state index in [0.717, 1.165) is 12.8 Å². The Kier molecular flexibility index (Phi) is 12.5. The number of hydrogen-bond acceptors (Lipinski definition) is 4. The van der Waals surface area contributed by atoms with Gasteiger partial charge in [0, 0.05) is 0 Å². The van der Waals surface area contributed by atoms with E-state index in [4.69, 9.17) is 33.1 Å². The molecule has 12 heavy (non-hydrogen) atoms. The summed E-state index contributed by atoms with van der Waals surface area (Å²) < 4.78 is 10.4. The molecule has 0 rings (SSSR count). The molecule has 0 spiro atoms. The molecule has 0 atom stereocenters. The number of hydrogen-bond donors (Lipinski definition) is 0. The zero-order chi connectivity index (χ0) is 8.74. The van der Waals surface area contributed by atoms with Crippen molar-refractivity contribution in [3.63, 3.8) is 0 Å². The maximum Gasteiger partial charge on any atom is 4.00 e. The average molecular weight is 332 g/mol. The molecule has 0 amide bonds. The van der Waals surface area contributed by atoms with Gasteiger partial charge in [0.1, 0.15) is 0 Å². The van der Waals surface area contributed by atoms with Crippen LogP contribution in [-0.2, 0) is 33.1 Å². The monoisotopic (exact) mass is 333 g/mol. The smallest absolute Gasteiger partial charge is 0.691 e. The van der Waals surface area contributed by atoms with Crippen LogP contribution in [-0.4, -0.2) is 37.1 Å². The summed E-state index contributed by atoms with van der Waals surface area (Å²) in [5.41, 5.74) is -2.31. The molecule has 0 fully saturated rings. The largest absolute Gasteiger partial charge is 4.00 e. The van der Waals surface area contributed by atoms with Crippen molar-refractivity contribution < 1.29 is 9.05 Å². The van der Waals surface area contributed by atoms with E-state index in [0.29, 0.717) is 13.2 Å². The summed E-state index contributed by atoms with van der Waals surface area (Å²) in [4.78, 5) is 0. The molecule has 0 N–H and O–H groups in total. The zero-order valence-corrected chi connectivity index (χ0v) is 12.8. The summed E-state index contributed by atoms with van der Waals surface area (Å²) >= 11 is 9.91. The van der Waals surface area contributed by atoms with Crippen LogP contribution in [0.1, 0.15) is 26.7 Å². The molecule has 0 aromatic rings. The van der Waals surface area contributed by atoms with E-state index in [1.54, 1.807) is 0 Å². The van der Waals surface area contributed by atoms with Crippen molar-refractivity contribution in [1.82, 2.24) is 0 Å². The summed E-state index contributed by atoms with van der Waals surface area (Å²) in [5.74, 6) is 0. The molecule has 6 heteroatoms. The quantitative estimate of drug-likeness (QED) is 0.422. The van der Waals surface area contributed by atoms with Crippen LogP contribution in [0.4, 0.5) is 0 Å². The first-order chi connectivity index (χ1) is 5.12. The normalized spacial score (nSPS) is 10.9. The third-order valence-corrected chi connectivity index (χ3v) is 3.17. The average Bonchev–Trinajstić information content (AvgIpc) is 1.97. The molecule has 2 nitrogen and oxygen atoms in total. The van der Waals surface area contributed by atoms with Crippen molar-refractivity contribution in [2.75, 3.05) is 13.2 Å². The molecule has 0 aromatic heterocycles. The van der Waals surface area contributed by atoms with Crippen LogP contribution in [0.5, 0.6) is 0 Å². The molecule has 0 saturated carbocycles. The van der Waals surface area contributed by atoms with Crippen molar-refractivity contribution in [3.05, 3.63) is 0 Å². The minimum absolute atomic E-state index is 0. The van der Waals surface area contributed by atoms with Crippen LogP contribution >= 0.6 is 5.69 Å². The molecule has 0 bridgehead atoms. The molecular weight excluding hydrogens is 318 g/mol. The molecule has 0 aromatic carbocycles. The van der Waals surface area contributed by atoms with Gasteiger partial charge < -0.3 is 21.3 Å². The zero-order valence-electron chi connectivity index (χ0n) is 7.41. The first-order valence-electron chi connectivity index (χ1n) is 3.72. The van der Waals surface area contributed by atoms with Crippen molar-refractivity contribution >= 4 is 53.7 Å². The Morgan fingerprint density at radius 2 is 1.50 bits per heavy atom. The van der Waals surface area contributed by atoms with Gasteiger partial charge in [-0.25, -0.2) is 0 Å². The third kappa shape index (κ3) is 9.80. The van der Waals surface area contributed by atoms with Crippen LogP contribution in [0.2, 0.25) is 0 Å². The second kappa shape index (κ2) is 9.28.